The molecule has 3 aromatic rings. The maximum Gasteiger partial charge on any atom is 0.335 e. The van der Waals surface area contributed by atoms with Gasteiger partial charge in [0.2, 0.25) is 5.89 Å². The third-order valence-corrected chi connectivity index (χ3v) is 4.06. The van der Waals surface area contributed by atoms with E-state index in [2.05, 4.69) is 10.3 Å². The number of amides is 1. The Kier molecular flexibility index (Phi) is 4.84. The lowest BCUT2D eigenvalue weighted by molar-refractivity contribution is 0.0697. The van der Waals surface area contributed by atoms with Gasteiger partial charge in [0.25, 0.3) is 5.91 Å². The summed E-state index contributed by atoms with van der Waals surface area (Å²) in [7, 11) is 0. The minimum absolute atomic E-state index is 0.0738. The van der Waals surface area contributed by atoms with Crippen molar-refractivity contribution in [3.63, 3.8) is 0 Å². The molecule has 2 N–H and O–H groups in total. The fourth-order valence-corrected chi connectivity index (χ4v) is 2.56. The molecule has 0 saturated heterocycles. The zero-order chi connectivity index (χ0) is 18.7. The van der Waals surface area contributed by atoms with Gasteiger partial charge < -0.3 is 14.8 Å². The van der Waals surface area contributed by atoms with Crippen molar-refractivity contribution >= 4 is 11.9 Å². The Balaban J connectivity index is 1.75. The maximum absolute atomic E-state index is 12.4. The zero-order valence-corrected chi connectivity index (χ0v) is 14.4. The van der Waals surface area contributed by atoms with Gasteiger partial charge in [-0.1, -0.05) is 24.3 Å². The van der Waals surface area contributed by atoms with E-state index in [1.807, 2.05) is 30.3 Å². The average molecular weight is 350 g/mol. The normalized spacial score (nSPS) is 10.5. The van der Waals surface area contributed by atoms with Gasteiger partial charge in [0, 0.05) is 11.1 Å². The number of hydrogen-bond acceptors (Lipinski definition) is 4. The van der Waals surface area contributed by atoms with Crippen molar-refractivity contribution in [3.05, 3.63) is 76.7 Å². The third-order valence-electron chi connectivity index (χ3n) is 4.06. The van der Waals surface area contributed by atoms with Gasteiger partial charge in [0.15, 0.2) is 0 Å². The predicted octanol–water partition coefficient (Wildman–Crippen LogP) is 3.59. The van der Waals surface area contributed by atoms with Gasteiger partial charge >= 0.3 is 5.97 Å². The molecule has 1 heterocycles. The number of benzene rings is 2. The molecule has 3 rings (SSSR count). The van der Waals surface area contributed by atoms with Crippen LogP contribution in [0.1, 0.15) is 37.7 Å². The van der Waals surface area contributed by atoms with Crippen molar-refractivity contribution in [2.24, 2.45) is 0 Å². The first-order chi connectivity index (χ1) is 12.5. The predicted molar refractivity (Wildman–Crippen MR) is 96.0 cm³/mol. The summed E-state index contributed by atoms with van der Waals surface area (Å²) in [6.07, 6.45) is 0. The molecule has 0 spiro atoms. The lowest BCUT2D eigenvalue weighted by Crippen LogP contribution is -2.24. The Morgan fingerprint density at radius 3 is 2.54 bits per heavy atom. The van der Waals surface area contributed by atoms with Gasteiger partial charge in [-0.3, -0.25) is 4.79 Å². The highest BCUT2D eigenvalue weighted by molar-refractivity contribution is 5.98. The topological polar surface area (TPSA) is 92.4 Å². The number of aromatic nitrogens is 1. The number of oxazole rings is 1. The molecule has 0 fully saturated rings. The van der Waals surface area contributed by atoms with Crippen molar-refractivity contribution in [2.45, 2.75) is 20.4 Å². The summed E-state index contributed by atoms with van der Waals surface area (Å²) >= 11 is 0. The molecule has 0 aliphatic heterocycles. The van der Waals surface area contributed by atoms with E-state index < -0.39 is 5.97 Å². The molecule has 2 aromatic carbocycles. The quantitative estimate of drug-likeness (QED) is 0.734. The highest BCUT2D eigenvalue weighted by Gasteiger charge is 2.15. The van der Waals surface area contributed by atoms with Crippen LogP contribution in [0.2, 0.25) is 0 Å². The standard InChI is InChI=1S/C20H18N2O4/c1-12-8-9-15(20(24)25)10-16(12)18(23)21-11-17-13(2)26-19(22-17)14-6-4-3-5-7-14/h3-10H,11H2,1-2H3,(H,21,23)(H,24,25). The molecule has 0 aliphatic rings. The summed E-state index contributed by atoms with van der Waals surface area (Å²) in [5.41, 5.74) is 2.59. The highest BCUT2D eigenvalue weighted by atomic mass is 16.4. The molecule has 132 valence electrons. The average Bonchev–Trinajstić information content (AvgIpc) is 3.01. The first kappa shape index (κ1) is 17.4. The minimum Gasteiger partial charge on any atom is -0.478 e. The van der Waals surface area contributed by atoms with E-state index in [9.17, 15) is 9.59 Å². The molecule has 6 heteroatoms. The van der Waals surface area contributed by atoms with Crippen molar-refractivity contribution in [3.8, 4) is 11.5 Å². The molecular weight excluding hydrogens is 332 g/mol. The van der Waals surface area contributed by atoms with Crippen molar-refractivity contribution in [1.82, 2.24) is 10.3 Å². The van der Waals surface area contributed by atoms with Crippen LogP contribution in [0, 0.1) is 13.8 Å². The fourth-order valence-electron chi connectivity index (χ4n) is 2.56. The second-order valence-corrected chi connectivity index (χ2v) is 5.91. The number of rotatable bonds is 5. The summed E-state index contributed by atoms with van der Waals surface area (Å²) in [5.74, 6) is -0.301. The Morgan fingerprint density at radius 2 is 1.85 bits per heavy atom. The SMILES string of the molecule is Cc1ccc(C(=O)O)cc1C(=O)NCc1nc(-c2ccccc2)oc1C. The third kappa shape index (κ3) is 3.64. The zero-order valence-electron chi connectivity index (χ0n) is 14.4. The summed E-state index contributed by atoms with van der Waals surface area (Å²) in [6.45, 7) is 3.74. The van der Waals surface area contributed by atoms with Crippen LogP contribution >= 0.6 is 0 Å². The van der Waals surface area contributed by atoms with E-state index in [1.54, 1.807) is 19.9 Å². The molecular formula is C20H18N2O4. The van der Waals surface area contributed by atoms with Gasteiger partial charge in [-0.15, -0.1) is 0 Å². The Hall–Kier alpha value is -3.41. The number of aryl methyl sites for hydroxylation is 2. The number of aromatic carboxylic acids is 1. The Labute approximate surface area is 150 Å². The maximum atomic E-state index is 12.4. The Bertz CT molecular complexity index is 961. The highest BCUT2D eigenvalue weighted by Crippen LogP contribution is 2.21. The van der Waals surface area contributed by atoms with E-state index in [0.29, 0.717) is 28.5 Å². The van der Waals surface area contributed by atoms with Crippen LogP contribution < -0.4 is 5.32 Å². The van der Waals surface area contributed by atoms with Crippen LogP contribution in [-0.2, 0) is 6.54 Å². The number of carbonyl (C=O) groups excluding carboxylic acids is 1. The minimum atomic E-state index is -1.07. The smallest absolute Gasteiger partial charge is 0.335 e. The molecule has 0 atom stereocenters. The van der Waals surface area contributed by atoms with E-state index in [0.717, 1.165) is 5.56 Å². The molecule has 1 amide bonds. The molecule has 0 saturated carbocycles. The number of hydrogen-bond donors (Lipinski definition) is 2. The number of nitrogens with zero attached hydrogens (tertiary/aromatic N) is 1. The largest absolute Gasteiger partial charge is 0.478 e. The van der Waals surface area contributed by atoms with Crippen LogP contribution in [-0.4, -0.2) is 22.0 Å². The van der Waals surface area contributed by atoms with Crippen LogP contribution in [0.4, 0.5) is 0 Å². The van der Waals surface area contributed by atoms with E-state index in [4.69, 9.17) is 9.52 Å². The second-order valence-electron chi connectivity index (χ2n) is 5.91. The van der Waals surface area contributed by atoms with Crippen LogP contribution in [0.5, 0.6) is 0 Å². The molecule has 1 aromatic heterocycles. The number of nitrogens with one attached hydrogen (secondary N) is 1. The summed E-state index contributed by atoms with van der Waals surface area (Å²) in [4.78, 5) is 28.0. The van der Waals surface area contributed by atoms with Gasteiger partial charge in [-0.25, -0.2) is 9.78 Å². The lowest BCUT2D eigenvalue weighted by atomic mass is 10.0. The van der Waals surface area contributed by atoms with Crippen molar-refractivity contribution < 1.29 is 19.1 Å². The summed E-state index contributed by atoms with van der Waals surface area (Å²) in [5, 5.41) is 11.9. The molecule has 0 radical (unpaired) electrons. The van der Waals surface area contributed by atoms with Gasteiger partial charge in [0.05, 0.1) is 12.1 Å². The molecule has 0 unspecified atom stereocenters. The van der Waals surface area contributed by atoms with Crippen molar-refractivity contribution in [2.75, 3.05) is 0 Å². The van der Waals surface area contributed by atoms with Crippen LogP contribution in [0.25, 0.3) is 11.5 Å². The van der Waals surface area contributed by atoms with E-state index in [1.165, 1.54) is 12.1 Å². The first-order valence-corrected chi connectivity index (χ1v) is 8.09. The van der Waals surface area contributed by atoms with E-state index >= 15 is 0 Å². The number of carbonyl (C=O) groups is 2. The Morgan fingerprint density at radius 1 is 1.12 bits per heavy atom. The monoisotopic (exact) mass is 350 g/mol. The second kappa shape index (κ2) is 7.23. The first-order valence-electron chi connectivity index (χ1n) is 8.09. The summed E-state index contributed by atoms with van der Waals surface area (Å²) < 4.78 is 5.67. The van der Waals surface area contributed by atoms with Crippen molar-refractivity contribution in [1.29, 1.82) is 0 Å². The summed E-state index contributed by atoms with van der Waals surface area (Å²) in [6, 6.07) is 14.0. The van der Waals surface area contributed by atoms with Gasteiger partial charge in [-0.05, 0) is 43.7 Å². The molecule has 0 bridgehead atoms. The molecule has 0 aliphatic carbocycles. The number of carboxylic acid groups (broad SMARTS) is 1. The fraction of sp³-hybridized carbons (Fsp3) is 0.150. The number of carboxylic acids is 1. The van der Waals surface area contributed by atoms with Gasteiger partial charge in [-0.2, -0.15) is 0 Å². The molecule has 6 nitrogen and oxygen atoms in total. The van der Waals surface area contributed by atoms with Gasteiger partial charge in [0.1, 0.15) is 11.5 Å². The van der Waals surface area contributed by atoms with Crippen LogP contribution in [0.15, 0.2) is 52.9 Å². The van der Waals surface area contributed by atoms with E-state index in [-0.39, 0.29) is 18.0 Å². The molecule has 26 heavy (non-hydrogen) atoms. The lowest BCUT2D eigenvalue weighted by Gasteiger charge is -2.08. The van der Waals surface area contributed by atoms with Crippen LogP contribution in [0.3, 0.4) is 0 Å².